The molecule has 1 aliphatic rings. The lowest BCUT2D eigenvalue weighted by molar-refractivity contribution is -0.137. The van der Waals surface area contributed by atoms with E-state index >= 15 is 0 Å². The first kappa shape index (κ1) is 12.2. The standard InChI is InChI=1S/C13H15ClO3/c1-7-5-9(14)8(2)11(12(7)17)13(3-4-13)6-10(15)16/h5,17H,3-4,6H2,1-2H3,(H,15,16). The maximum absolute atomic E-state index is 10.9. The number of carboxylic acid groups (broad SMARTS) is 1. The van der Waals surface area contributed by atoms with Crippen LogP contribution in [0.25, 0.3) is 0 Å². The summed E-state index contributed by atoms with van der Waals surface area (Å²) in [5, 5.41) is 19.7. The fourth-order valence-corrected chi connectivity index (χ4v) is 2.72. The molecule has 0 saturated heterocycles. The summed E-state index contributed by atoms with van der Waals surface area (Å²) in [5.74, 6) is -0.635. The van der Waals surface area contributed by atoms with Crippen LogP contribution >= 0.6 is 11.6 Å². The van der Waals surface area contributed by atoms with Gasteiger partial charge in [-0.15, -0.1) is 0 Å². The lowest BCUT2D eigenvalue weighted by Gasteiger charge is -2.20. The van der Waals surface area contributed by atoms with Crippen molar-refractivity contribution in [1.82, 2.24) is 0 Å². The van der Waals surface area contributed by atoms with Crippen molar-refractivity contribution in [3.8, 4) is 5.75 Å². The smallest absolute Gasteiger partial charge is 0.304 e. The van der Waals surface area contributed by atoms with Crippen LogP contribution < -0.4 is 0 Å². The molecule has 2 rings (SSSR count). The van der Waals surface area contributed by atoms with E-state index in [9.17, 15) is 9.90 Å². The maximum Gasteiger partial charge on any atom is 0.304 e. The largest absolute Gasteiger partial charge is 0.507 e. The Bertz CT molecular complexity index is 464. The Hall–Kier alpha value is -1.22. The summed E-state index contributed by atoms with van der Waals surface area (Å²) in [6, 6.07) is 1.71. The summed E-state index contributed by atoms with van der Waals surface area (Å²) in [6.07, 6.45) is 1.65. The first-order valence-corrected chi connectivity index (χ1v) is 5.96. The van der Waals surface area contributed by atoms with Crippen molar-refractivity contribution in [2.45, 2.75) is 38.5 Å². The van der Waals surface area contributed by atoms with Gasteiger partial charge in [0, 0.05) is 16.0 Å². The number of rotatable bonds is 3. The van der Waals surface area contributed by atoms with Gasteiger partial charge in [-0.25, -0.2) is 0 Å². The Kier molecular flexibility index (Phi) is 2.82. The van der Waals surface area contributed by atoms with Crippen molar-refractivity contribution in [3.63, 3.8) is 0 Å². The lowest BCUT2D eigenvalue weighted by atomic mass is 9.87. The highest BCUT2D eigenvalue weighted by Gasteiger charge is 2.49. The normalized spacial score (nSPS) is 16.9. The Morgan fingerprint density at radius 3 is 2.53 bits per heavy atom. The molecule has 0 heterocycles. The first-order chi connectivity index (χ1) is 7.87. The minimum atomic E-state index is -0.834. The number of benzene rings is 1. The van der Waals surface area contributed by atoms with Crippen LogP contribution in [-0.4, -0.2) is 16.2 Å². The number of aromatic hydroxyl groups is 1. The van der Waals surface area contributed by atoms with Crippen LogP contribution in [0.15, 0.2) is 6.07 Å². The van der Waals surface area contributed by atoms with Crippen molar-refractivity contribution >= 4 is 17.6 Å². The number of hydrogen-bond donors (Lipinski definition) is 2. The van der Waals surface area contributed by atoms with E-state index in [4.69, 9.17) is 16.7 Å². The second-order valence-electron chi connectivity index (χ2n) is 4.87. The topological polar surface area (TPSA) is 57.5 Å². The molecule has 0 aliphatic heterocycles. The van der Waals surface area contributed by atoms with Crippen LogP contribution in [0.5, 0.6) is 5.75 Å². The van der Waals surface area contributed by atoms with Gasteiger partial charge < -0.3 is 10.2 Å². The predicted molar refractivity (Wildman–Crippen MR) is 65.8 cm³/mol. The van der Waals surface area contributed by atoms with Crippen LogP contribution in [0.2, 0.25) is 5.02 Å². The first-order valence-electron chi connectivity index (χ1n) is 5.58. The van der Waals surface area contributed by atoms with Crippen molar-refractivity contribution in [2.24, 2.45) is 0 Å². The van der Waals surface area contributed by atoms with Gasteiger partial charge >= 0.3 is 5.97 Å². The zero-order valence-corrected chi connectivity index (χ0v) is 10.6. The van der Waals surface area contributed by atoms with Crippen molar-refractivity contribution < 1.29 is 15.0 Å². The van der Waals surface area contributed by atoms with Gasteiger partial charge in [0.1, 0.15) is 5.75 Å². The molecule has 1 aromatic carbocycles. The Labute approximate surface area is 105 Å². The quantitative estimate of drug-likeness (QED) is 0.871. The monoisotopic (exact) mass is 254 g/mol. The van der Waals surface area contributed by atoms with Gasteiger partial charge in [0.15, 0.2) is 0 Å². The fourth-order valence-electron chi connectivity index (χ4n) is 2.47. The Morgan fingerprint density at radius 1 is 1.47 bits per heavy atom. The van der Waals surface area contributed by atoms with Crippen molar-refractivity contribution in [1.29, 1.82) is 0 Å². The summed E-state index contributed by atoms with van der Waals surface area (Å²) in [6.45, 7) is 3.61. The number of aryl methyl sites for hydroxylation is 1. The predicted octanol–water partition coefficient (Wildman–Crippen LogP) is 3.17. The van der Waals surface area contributed by atoms with E-state index in [1.807, 2.05) is 6.92 Å². The van der Waals surface area contributed by atoms with Gasteiger partial charge in [-0.05, 0) is 43.9 Å². The molecule has 1 saturated carbocycles. The molecule has 0 radical (unpaired) electrons. The van der Waals surface area contributed by atoms with Gasteiger partial charge in [0.05, 0.1) is 6.42 Å². The molecule has 0 spiro atoms. The third-order valence-corrected chi connectivity index (χ3v) is 3.95. The molecule has 17 heavy (non-hydrogen) atoms. The third kappa shape index (κ3) is 2.00. The molecule has 0 aromatic heterocycles. The third-order valence-electron chi connectivity index (χ3n) is 3.56. The number of halogens is 1. The molecule has 4 heteroatoms. The van der Waals surface area contributed by atoms with E-state index < -0.39 is 11.4 Å². The zero-order valence-electron chi connectivity index (χ0n) is 9.88. The summed E-state index contributed by atoms with van der Waals surface area (Å²) in [7, 11) is 0. The second-order valence-corrected chi connectivity index (χ2v) is 5.28. The molecule has 0 atom stereocenters. The van der Waals surface area contributed by atoms with Crippen LogP contribution in [0.4, 0.5) is 0 Å². The highest BCUT2D eigenvalue weighted by atomic mass is 35.5. The minimum absolute atomic E-state index is 0.0567. The summed E-state index contributed by atoms with van der Waals surface area (Å²) in [5.41, 5.74) is 1.82. The Morgan fingerprint density at radius 2 is 2.06 bits per heavy atom. The highest BCUT2D eigenvalue weighted by Crippen LogP contribution is 2.56. The number of hydrogen-bond acceptors (Lipinski definition) is 2. The molecule has 92 valence electrons. The van der Waals surface area contributed by atoms with E-state index in [2.05, 4.69) is 0 Å². The van der Waals surface area contributed by atoms with Crippen LogP contribution in [0.3, 0.4) is 0 Å². The second kappa shape index (κ2) is 3.91. The van der Waals surface area contributed by atoms with E-state index in [0.717, 1.165) is 24.0 Å². The van der Waals surface area contributed by atoms with E-state index in [0.29, 0.717) is 10.6 Å². The lowest BCUT2D eigenvalue weighted by Crippen LogP contribution is -2.15. The highest BCUT2D eigenvalue weighted by molar-refractivity contribution is 6.31. The summed E-state index contributed by atoms with van der Waals surface area (Å²) in [4.78, 5) is 10.9. The summed E-state index contributed by atoms with van der Waals surface area (Å²) >= 11 is 6.10. The molecule has 3 nitrogen and oxygen atoms in total. The molecule has 0 unspecified atom stereocenters. The van der Waals surface area contributed by atoms with Crippen LogP contribution in [-0.2, 0) is 10.2 Å². The number of aliphatic carboxylic acids is 1. The maximum atomic E-state index is 10.9. The van der Waals surface area contributed by atoms with Gasteiger partial charge in [-0.1, -0.05) is 11.6 Å². The molecule has 2 N–H and O–H groups in total. The fraction of sp³-hybridized carbons (Fsp3) is 0.462. The molecule has 0 bridgehead atoms. The number of phenols is 1. The van der Waals surface area contributed by atoms with Gasteiger partial charge in [0.2, 0.25) is 0 Å². The Balaban J connectivity index is 2.55. The van der Waals surface area contributed by atoms with Gasteiger partial charge in [0.25, 0.3) is 0 Å². The van der Waals surface area contributed by atoms with Crippen LogP contribution in [0.1, 0.15) is 36.0 Å². The molecular formula is C13H15ClO3. The van der Waals surface area contributed by atoms with Gasteiger partial charge in [-0.3, -0.25) is 4.79 Å². The molecular weight excluding hydrogens is 240 g/mol. The molecule has 1 aliphatic carbocycles. The van der Waals surface area contributed by atoms with E-state index in [-0.39, 0.29) is 12.2 Å². The number of carbonyl (C=O) groups is 1. The zero-order chi connectivity index (χ0) is 12.8. The van der Waals surface area contributed by atoms with Crippen molar-refractivity contribution in [2.75, 3.05) is 0 Å². The average molecular weight is 255 g/mol. The van der Waals surface area contributed by atoms with Gasteiger partial charge in [-0.2, -0.15) is 0 Å². The van der Waals surface area contributed by atoms with E-state index in [1.165, 1.54) is 0 Å². The molecule has 0 amide bonds. The molecule has 1 fully saturated rings. The number of carboxylic acids is 1. The summed E-state index contributed by atoms with van der Waals surface area (Å²) < 4.78 is 0. The number of phenolic OH excluding ortho intramolecular Hbond substituents is 1. The SMILES string of the molecule is Cc1cc(Cl)c(C)c(C2(CC(=O)O)CC2)c1O. The molecule has 1 aromatic rings. The minimum Gasteiger partial charge on any atom is -0.507 e. The van der Waals surface area contributed by atoms with Crippen LogP contribution in [0, 0.1) is 13.8 Å². The average Bonchev–Trinajstić information content (AvgIpc) is 2.95. The van der Waals surface area contributed by atoms with E-state index in [1.54, 1.807) is 13.0 Å². The van der Waals surface area contributed by atoms with Crippen molar-refractivity contribution in [3.05, 3.63) is 27.8 Å².